The van der Waals surface area contributed by atoms with Crippen LogP contribution in [-0.4, -0.2) is 23.0 Å². The molecule has 5 nitrogen and oxygen atoms in total. The molecule has 19 heavy (non-hydrogen) atoms. The van der Waals surface area contributed by atoms with E-state index in [-0.39, 0.29) is 23.3 Å². The highest BCUT2D eigenvalue weighted by Gasteiger charge is 2.21. The molecule has 1 heterocycles. The van der Waals surface area contributed by atoms with Crippen LogP contribution < -0.4 is 5.32 Å². The van der Waals surface area contributed by atoms with Gasteiger partial charge in [-0.3, -0.25) is 4.79 Å². The Hall–Kier alpha value is -1.78. The lowest BCUT2D eigenvalue weighted by Gasteiger charge is -2.15. The van der Waals surface area contributed by atoms with Crippen molar-refractivity contribution in [2.24, 2.45) is 5.92 Å². The minimum Gasteiger partial charge on any atom is -0.478 e. The summed E-state index contributed by atoms with van der Waals surface area (Å²) in [4.78, 5) is 22.7. The molecule has 104 valence electrons. The minimum absolute atomic E-state index is 0.000335. The molecule has 0 radical (unpaired) electrons. The average Bonchev–Trinajstić information content (AvgIpc) is 2.77. The normalized spacial score (nSPS) is 23.6. The Morgan fingerprint density at radius 1 is 1.32 bits per heavy atom. The Labute approximate surface area is 112 Å². The van der Waals surface area contributed by atoms with Gasteiger partial charge < -0.3 is 14.8 Å². The first-order valence-electron chi connectivity index (χ1n) is 6.69. The summed E-state index contributed by atoms with van der Waals surface area (Å²) in [6.07, 6.45) is 6.47. The third-order valence-corrected chi connectivity index (χ3v) is 3.66. The van der Waals surface area contributed by atoms with Gasteiger partial charge in [0.2, 0.25) is 0 Å². The molecule has 2 atom stereocenters. The molecule has 1 aromatic heterocycles. The number of hydrogen-bond donors (Lipinski definition) is 2. The van der Waals surface area contributed by atoms with Crippen molar-refractivity contribution in [3.8, 4) is 0 Å². The van der Waals surface area contributed by atoms with Crippen molar-refractivity contribution >= 4 is 11.9 Å². The van der Waals surface area contributed by atoms with Crippen LogP contribution in [0.5, 0.6) is 0 Å². The van der Waals surface area contributed by atoms with E-state index in [1.54, 1.807) is 0 Å². The number of hydrogen-bond acceptors (Lipinski definition) is 3. The predicted octanol–water partition coefficient (Wildman–Crippen LogP) is 2.68. The Morgan fingerprint density at radius 2 is 2.11 bits per heavy atom. The highest BCUT2D eigenvalue weighted by molar-refractivity contribution is 5.95. The summed E-state index contributed by atoms with van der Waals surface area (Å²) in [7, 11) is 0. The Balaban J connectivity index is 1.94. The molecule has 2 N–H and O–H groups in total. The van der Waals surface area contributed by atoms with Gasteiger partial charge in [-0.05, 0) is 25.2 Å². The number of carboxylic acid groups (broad SMARTS) is 1. The molecular formula is C14H19NO4. The van der Waals surface area contributed by atoms with E-state index in [1.807, 2.05) is 0 Å². The molecule has 1 saturated carbocycles. The summed E-state index contributed by atoms with van der Waals surface area (Å²) in [6.45, 7) is 2.23. The van der Waals surface area contributed by atoms with Gasteiger partial charge in [-0.15, -0.1) is 0 Å². The van der Waals surface area contributed by atoms with Crippen molar-refractivity contribution in [1.29, 1.82) is 0 Å². The van der Waals surface area contributed by atoms with E-state index >= 15 is 0 Å². The number of carbonyl (C=O) groups excluding carboxylic acids is 1. The minimum atomic E-state index is -1.09. The second kappa shape index (κ2) is 5.91. The third-order valence-electron chi connectivity index (χ3n) is 3.66. The van der Waals surface area contributed by atoms with Crippen molar-refractivity contribution in [2.75, 3.05) is 0 Å². The molecule has 1 aliphatic rings. The fraction of sp³-hybridized carbons (Fsp3) is 0.571. The van der Waals surface area contributed by atoms with Gasteiger partial charge >= 0.3 is 5.97 Å². The fourth-order valence-corrected chi connectivity index (χ4v) is 2.46. The number of furan rings is 1. The second-order valence-corrected chi connectivity index (χ2v) is 5.29. The molecule has 0 spiro atoms. The zero-order chi connectivity index (χ0) is 13.8. The molecule has 0 aliphatic heterocycles. The fourth-order valence-electron chi connectivity index (χ4n) is 2.46. The summed E-state index contributed by atoms with van der Waals surface area (Å²) in [6, 6.07) is 1.42. The maximum Gasteiger partial charge on any atom is 0.338 e. The number of nitrogens with one attached hydrogen (secondary N) is 1. The first-order chi connectivity index (χ1) is 9.06. The molecule has 1 aromatic rings. The largest absolute Gasteiger partial charge is 0.478 e. The van der Waals surface area contributed by atoms with Gasteiger partial charge in [0.15, 0.2) is 5.76 Å². The molecule has 0 aromatic carbocycles. The molecule has 5 heteroatoms. The van der Waals surface area contributed by atoms with Gasteiger partial charge in [-0.2, -0.15) is 0 Å². The van der Waals surface area contributed by atoms with Crippen LogP contribution in [0.15, 0.2) is 16.7 Å². The van der Waals surface area contributed by atoms with Gasteiger partial charge in [0.1, 0.15) is 6.26 Å². The second-order valence-electron chi connectivity index (χ2n) is 5.29. The van der Waals surface area contributed by atoms with Crippen LogP contribution in [0.25, 0.3) is 0 Å². The van der Waals surface area contributed by atoms with Crippen LogP contribution in [0.1, 0.15) is 59.9 Å². The zero-order valence-corrected chi connectivity index (χ0v) is 11.0. The first kappa shape index (κ1) is 13.6. The monoisotopic (exact) mass is 265 g/mol. The van der Waals surface area contributed by atoms with E-state index in [1.165, 1.54) is 12.5 Å². The molecule has 1 amide bonds. The average molecular weight is 265 g/mol. The Bertz CT molecular complexity index is 466. The smallest absolute Gasteiger partial charge is 0.338 e. The predicted molar refractivity (Wildman–Crippen MR) is 69.2 cm³/mol. The Morgan fingerprint density at radius 3 is 2.79 bits per heavy atom. The quantitative estimate of drug-likeness (QED) is 0.823. The van der Waals surface area contributed by atoms with Crippen LogP contribution in [0.2, 0.25) is 0 Å². The topological polar surface area (TPSA) is 79.5 Å². The van der Waals surface area contributed by atoms with E-state index in [9.17, 15) is 9.59 Å². The SMILES string of the molecule is CC1CCCC(NC(=O)c2cc(C(=O)O)co2)CC1. The molecule has 2 rings (SSSR count). The summed E-state index contributed by atoms with van der Waals surface area (Å²) in [5, 5.41) is 11.7. The number of aromatic carboxylic acids is 1. The van der Waals surface area contributed by atoms with Crippen molar-refractivity contribution in [2.45, 2.75) is 45.1 Å². The Kier molecular flexibility index (Phi) is 4.24. The standard InChI is InChI=1S/C14H19NO4/c1-9-3-2-4-11(6-5-9)15-13(16)12-7-10(8-19-12)14(17)18/h7-9,11H,2-6H2,1H3,(H,15,16)(H,17,18). The van der Waals surface area contributed by atoms with Crippen molar-refractivity contribution in [3.63, 3.8) is 0 Å². The number of carbonyl (C=O) groups is 2. The summed E-state index contributed by atoms with van der Waals surface area (Å²) in [5.74, 6) is -0.642. The van der Waals surface area contributed by atoms with E-state index in [4.69, 9.17) is 9.52 Å². The van der Waals surface area contributed by atoms with Crippen LogP contribution in [0.4, 0.5) is 0 Å². The molecule has 1 fully saturated rings. The van der Waals surface area contributed by atoms with Crippen LogP contribution in [-0.2, 0) is 0 Å². The van der Waals surface area contributed by atoms with Crippen molar-refractivity contribution in [1.82, 2.24) is 5.32 Å². The molecule has 0 bridgehead atoms. The number of amides is 1. The van der Waals surface area contributed by atoms with Gasteiger partial charge in [0, 0.05) is 12.1 Å². The van der Waals surface area contributed by atoms with Crippen LogP contribution in [0.3, 0.4) is 0 Å². The third kappa shape index (κ3) is 3.59. The maximum absolute atomic E-state index is 11.9. The highest BCUT2D eigenvalue weighted by atomic mass is 16.4. The van der Waals surface area contributed by atoms with E-state index in [0.29, 0.717) is 5.92 Å². The summed E-state index contributed by atoms with van der Waals surface area (Å²) >= 11 is 0. The molecule has 0 saturated heterocycles. The van der Waals surface area contributed by atoms with E-state index < -0.39 is 5.97 Å². The summed E-state index contributed by atoms with van der Waals surface area (Å²) in [5.41, 5.74) is -0.000335. The molecule has 2 unspecified atom stereocenters. The van der Waals surface area contributed by atoms with Crippen molar-refractivity contribution < 1.29 is 19.1 Å². The number of carboxylic acids is 1. The van der Waals surface area contributed by atoms with Gasteiger partial charge in [0.25, 0.3) is 5.91 Å². The maximum atomic E-state index is 11.9. The van der Waals surface area contributed by atoms with Crippen LogP contribution in [0, 0.1) is 5.92 Å². The van der Waals surface area contributed by atoms with Gasteiger partial charge in [-0.1, -0.05) is 19.8 Å². The van der Waals surface area contributed by atoms with E-state index in [0.717, 1.165) is 31.9 Å². The highest BCUT2D eigenvalue weighted by Crippen LogP contribution is 2.23. The molecular weight excluding hydrogens is 246 g/mol. The van der Waals surface area contributed by atoms with E-state index in [2.05, 4.69) is 12.2 Å². The van der Waals surface area contributed by atoms with Gasteiger partial charge in [0.05, 0.1) is 5.56 Å². The van der Waals surface area contributed by atoms with Crippen molar-refractivity contribution in [3.05, 3.63) is 23.7 Å². The lowest BCUT2D eigenvalue weighted by molar-refractivity contribution is 0.0695. The number of rotatable bonds is 3. The molecule has 1 aliphatic carbocycles. The first-order valence-corrected chi connectivity index (χ1v) is 6.69. The van der Waals surface area contributed by atoms with Crippen LogP contribution >= 0.6 is 0 Å². The van der Waals surface area contributed by atoms with Gasteiger partial charge in [-0.25, -0.2) is 4.79 Å². The lowest BCUT2D eigenvalue weighted by Crippen LogP contribution is -2.34. The zero-order valence-electron chi connectivity index (χ0n) is 11.0. The lowest BCUT2D eigenvalue weighted by atomic mass is 10.0. The summed E-state index contributed by atoms with van der Waals surface area (Å²) < 4.78 is 4.99.